The minimum Gasteiger partial charge on any atom is -0.493 e. The Morgan fingerprint density at radius 1 is 1.05 bits per heavy atom. The predicted octanol–water partition coefficient (Wildman–Crippen LogP) is 5.09. The van der Waals surface area contributed by atoms with Crippen molar-refractivity contribution in [2.24, 2.45) is 0 Å². The molecule has 2 aromatic carbocycles. The molecule has 0 aliphatic carbocycles. The summed E-state index contributed by atoms with van der Waals surface area (Å²) in [5.74, 6) is 2.86. The number of methoxy groups -OCH3 is 1. The summed E-state index contributed by atoms with van der Waals surface area (Å²) in [6.07, 6.45) is 5.67. The van der Waals surface area contributed by atoms with E-state index >= 15 is 0 Å². The maximum atomic E-state index is 13.5. The normalized spacial score (nSPS) is 13.0. The Balaban J connectivity index is 1.38. The number of anilines is 1. The summed E-state index contributed by atoms with van der Waals surface area (Å²) in [6, 6.07) is 11.2. The SMILES string of the molecule is CNCCCOc1cc2nccc(Oc3c(C)cc(N(C)C(=O)c4cnccc4OC4COC4)cc3C)c2cc1OC. The molecule has 0 saturated carbocycles. The van der Waals surface area contributed by atoms with Gasteiger partial charge in [0.2, 0.25) is 0 Å². The molecule has 0 bridgehead atoms. The van der Waals surface area contributed by atoms with Crippen molar-refractivity contribution in [2.75, 3.05) is 52.5 Å². The molecule has 1 aliphatic rings. The molecule has 5 rings (SSSR count). The van der Waals surface area contributed by atoms with E-state index < -0.39 is 0 Å². The number of hydrogen-bond acceptors (Lipinski definition) is 9. The fourth-order valence-corrected chi connectivity index (χ4v) is 4.72. The van der Waals surface area contributed by atoms with Crippen LogP contribution in [0.5, 0.6) is 28.7 Å². The second-order valence-electron chi connectivity index (χ2n) is 10.2. The van der Waals surface area contributed by atoms with Gasteiger partial charge in [-0.15, -0.1) is 0 Å². The van der Waals surface area contributed by atoms with Crippen LogP contribution < -0.4 is 29.2 Å². The highest BCUT2D eigenvalue weighted by molar-refractivity contribution is 6.07. The number of nitrogens with one attached hydrogen (secondary N) is 1. The van der Waals surface area contributed by atoms with Gasteiger partial charge in [0.1, 0.15) is 28.9 Å². The quantitative estimate of drug-likeness (QED) is 0.233. The van der Waals surface area contributed by atoms with E-state index in [1.165, 1.54) is 6.20 Å². The molecule has 1 amide bonds. The Kier molecular flexibility index (Phi) is 9.04. The summed E-state index contributed by atoms with van der Waals surface area (Å²) in [6.45, 7) is 6.36. The number of amides is 1. The summed E-state index contributed by atoms with van der Waals surface area (Å²) >= 11 is 0. The predicted molar refractivity (Wildman–Crippen MR) is 161 cm³/mol. The topological polar surface area (TPSA) is 104 Å². The van der Waals surface area contributed by atoms with E-state index in [1.807, 2.05) is 51.2 Å². The average molecular weight is 573 g/mol. The Morgan fingerprint density at radius 3 is 2.50 bits per heavy atom. The number of carbonyl (C=O) groups excluding carboxylic acids is 1. The third-order valence-corrected chi connectivity index (χ3v) is 7.08. The van der Waals surface area contributed by atoms with Gasteiger partial charge in [-0.1, -0.05) is 0 Å². The monoisotopic (exact) mass is 572 g/mol. The first-order valence-corrected chi connectivity index (χ1v) is 13.9. The molecule has 1 saturated heterocycles. The van der Waals surface area contributed by atoms with Gasteiger partial charge in [-0.3, -0.25) is 14.8 Å². The number of pyridine rings is 2. The molecule has 1 fully saturated rings. The molecule has 0 radical (unpaired) electrons. The van der Waals surface area contributed by atoms with E-state index in [-0.39, 0.29) is 12.0 Å². The van der Waals surface area contributed by atoms with Crippen molar-refractivity contribution in [3.8, 4) is 28.7 Å². The van der Waals surface area contributed by atoms with Gasteiger partial charge in [-0.2, -0.15) is 0 Å². The van der Waals surface area contributed by atoms with E-state index in [4.69, 9.17) is 23.7 Å². The van der Waals surface area contributed by atoms with Crippen LogP contribution in [-0.4, -0.2) is 69.5 Å². The second-order valence-corrected chi connectivity index (χ2v) is 10.2. The second kappa shape index (κ2) is 13.1. The number of nitrogens with zero attached hydrogens (tertiary/aromatic N) is 3. The molecule has 10 nitrogen and oxygen atoms in total. The van der Waals surface area contributed by atoms with Crippen molar-refractivity contribution in [1.29, 1.82) is 0 Å². The molecule has 0 spiro atoms. The van der Waals surface area contributed by atoms with E-state index in [1.54, 1.807) is 37.5 Å². The lowest BCUT2D eigenvalue weighted by Crippen LogP contribution is -2.39. The highest BCUT2D eigenvalue weighted by Gasteiger charge is 2.25. The highest BCUT2D eigenvalue weighted by atomic mass is 16.6. The van der Waals surface area contributed by atoms with Crippen LogP contribution in [0.15, 0.2) is 55.0 Å². The summed E-state index contributed by atoms with van der Waals surface area (Å²) < 4.78 is 29.2. The van der Waals surface area contributed by atoms with Crippen LogP contribution >= 0.6 is 0 Å². The lowest BCUT2D eigenvalue weighted by molar-refractivity contribution is -0.0798. The smallest absolute Gasteiger partial charge is 0.263 e. The molecule has 3 heterocycles. The number of fused-ring (bicyclic) bond motifs is 1. The van der Waals surface area contributed by atoms with Crippen molar-refractivity contribution < 1.29 is 28.5 Å². The van der Waals surface area contributed by atoms with Crippen molar-refractivity contribution >= 4 is 22.5 Å². The number of carbonyl (C=O) groups is 1. The molecule has 1 N–H and O–H groups in total. The molecule has 0 unspecified atom stereocenters. The first kappa shape index (κ1) is 29.1. The Labute approximate surface area is 245 Å². The van der Waals surface area contributed by atoms with Crippen molar-refractivity contribution in [3.05, 3.63) is 71.7 Å². The van der Waals surface area contributed by atoms with Crippen LogP contribution in [0.25, 0.3) is 10.9 Å². The molecule has 4 aromatic rings. The zero-order valence-electron chi connectivity index (χ0n) is 24.6. The summed E-state index contributed by atoms with van der Waals surface area (Å²) in [5.41, 5.74) is 3.60. The van der Waals surface area contributed by atoms with Gasteiger partial charge < -0.3 is 33.9 Å². The maximum Gasteiger partial charge on any atom is 0.263 e. The summed E-state index contributed by atoms with van der Waals surface area (Å²) in [7, 11) is 5.27. The van der Waals surface area contributed by atoms with Gasteiger partial charge in [0, 0.05) is 42.8 Å². The molecule has 42 heavy (non-hydrogen) atoms. The van der Waals surface area contributed by atoms with E-state index in [0.717, 1.165) is 40.7 Å². The number of aromatic nitrogens is 2. The number of aryl methyl sites for hydroxylation is 2. The maximum absolute atomic E-state index is 13.5. The molecule has 220 valence electrons. The molecule has 10 heteroatoms. The van der Waals surface area contributed by atoms with Crippen LogP contribution in [0.3, 0.4) is 0 Å². The highest BCUT2D eigenvalue weighted by Crippen LogP contribution is 2.39. The van der Waals surface area contributed by atoms with Crippen LogP contribution in [0, 0.1) is 13.8 Å². The van der Waals surface area contributed by atoms with Gasteiger partial charge in [0.15, 0.2) is 11.5 Å². The van der Waals surface area contributed by atoms with Gasteiger partial charge in [0.05, 0.1) is 32.4 Å². The number of hydrogen-bond donors (Lipinski definition) is 1. The van der Waals surface area contributed by atoms with Crippen LogP contribution in [0.2, 0.25) is 0 Å². The molecule has 0 atom stereocenters. The standard InChI is InChI=1S/C32H36N4O6/c1-20-13-22(36(4)32(37)25-17-34-10-7-28(25)41-23-18-39-19-23)14-21(2)31(20)42-27-8-11-35-26-16-30(40-12-6-9-33-3)29(38-5)15-24(26)27/h7-8,10-11,13-17,23,33H,6,9,12,18-19H2,1-5H3. The van der Waals surface area contributed by atoms with Crippen molar-refractivity contribution in [3.63, 3.8) is 0 Å². The Hall–Kier alpha value is -4.41. The number of benzene rings is 2. The van der Waals surface area contributed by atoms with Gasteiger partial charge >= 0.3 is 0 Å². The van der Waals surface area contributed by atoms with Gasteiger partial charge in [0.25, 0.3) is 5.91 Å². The van der Waals surface area contributed by atoms with E-state index in [9.17, 15) is 4.79 Å². The third kappa shape index (κ3) is 6.24. The van der Waals surface area contributed by atoms with Crippen LogP contribution in [-0.2, 0) is 4.74 Å². The van der Waals surface area contributed by atoms with E-state index in [2.05, 4.69) is 15.3 Å². The number of rotatable bonds is 12. The zero-order valence-corrected chi connectivity index (χ0v) is 24.6. The van der Waals surface area contributed by atoms with Gasteiger partial charge in [-0.05, 0) is 75.3 Å². The first-order valence-electron chi connectivity index (χ1n) is 13.9. The molecular formula is C32H36N4O6. The minimum absolute atomic E-state index is 0.0585. The Bertz CT molecular complexity index is 1550. The van der Waals surface area contributed by atoms with Crippen molar-refractivity contribution in [1.82, 2.24) is 15.3 Å². The fourth-order valence-electron chi connectivity index (χ4n) is 4.72. The van der Waals surface area contributed by atoms with Gasteiger partial charge in [-0.25, -0.2) is 0 Å². The molecule has 2 aromatic heterocycles. The van der Waals surface area contributed by atoms with Crippen LogP contribution in [0.4, 0.5) is 5.69 Å². The number of ether oxygens (including phenoxy) is 5. The fraction of sp³-hybridized carbons (Fsp3) is 0.344. The largest absolute Gasteiger partial charge is 0.493 e. The van der Waals surface area contributed by atoms with Crippen LogP contribution in [0.1, 0.15) is 27.9 Å². The molecular weight excluding hydrogens is 536 g/mol. The summed E-state index contributed by atoms with van der Waals surface area (Å²) in [4.78, 5) is 23.8. The first-order chi connectivity index (χ1) is 20.4. The van der Waals surface area contributed by atoms with Crippen molar-refractivity contribution in [2.45, 2.75) is 26.4 Å². The molecule has 1 aliphatic heterocycles. The minimum atomic E-state index is -0.220. The third-order valence-electron chi connectivity index (χ3n) is 7.08. The lowest BCUT2D eigenvalue weighted by atomic mass is 10.1. The summed E-state index contributed by atoms with van der Waals surface area (Å²) in [5, 5.41) is 3.91. The Morgan fingerprint density at radius 2 is 1.81 bits per heavy atom. The lowest BCUT2D eigenvalue weighted by Gasteiger charge is -2.28. The average Bonchev–Trinajstić information content (AvgIpc) is 2.98. The van der Waals surface area contributed by atoms with E-state index in [0.29, 0.717) is 54.1 Å². The zero-order chi connectivity index (χ0) is 29.6.